The normalized spacial score (nSPS) is 19.5. The van der Waals surface area contributed by atoms with Crippen LogP contribution in [0.1, 0.15) is 37.3 Å². The van der Waals surface area contributed by atoms with E-state index < -0.39 is 5.82 Å². The van der Waals surface area contributed by atoms with Crippen LogP contribution in [0.25, 0.3) is 10.9 Å². The highest BCUT2D eigenvalue weighted by Crippen LogP contribution is 2.32. The molecule has 0 aliphatic heterocycles. The summed E-state index contributed by atoms with van der Waals surface area (Å²) in [6, 6.07) is 11.8. The van der Waals surface area contributed by atoms with E-state index in [2.05, 4.69) is 10.3 Å². The molecule has 28 heavy (non-hydrogen) atoms. The van der Waals surface area contributed by atoms with Crippen LogP contribution < -0.4 is 10.9 Å². The molecule has 3 aromatic rings. The number of carbonyl (C=O) groups excluding carboxylic acids is 1. The van der Waals surface area contributed by atoms with Gasteiger partial charge in [-0.1, -0.05) is 18.2 Å². The van der Waals surface area contributed by atoms with Gasteiger partial charge in [-0.15, -0.1) is 0 Å². The lowest BCUT2D eigenvalue weighted by Gasteiger charge is -2.29. The Morgan fingerprint density at radius 2 is 1.89 bits per heavy atom. The molecule has 1 aliphatic rings. The largest absolute Gasteiger partial charge is 0.323 e. The number of halogens is 1. The van der Waals surface area contributed by atoms with Gasteiger partial charge in [0.05, 0.1) is 22.9 Å². The molecule has 1 fully saturated rings. The number of aromatic nitrogens is 2. The monoisotopic (exact) mass is 379 g/mol. The zero-order valence-electron chi connectivity index (χ0n) is 15.7. The number of aryl methyl sites for hydroxylation is 1. The minimum absolute atomic E-state index is 0.0308. The molecule has 0 unspecified atom stereocenters. The molecule has 6 heteroatoms. The number of anilines is 1. The van der Waals surface area contributed by atoms with Crippen LogP contribution in [0.5, 0.6) is 0 Å². The Morgan fingerprint density at radius 3 is 2.64 bits per heavy atom. The molecule has 0 radical (unpaired) electrons. The first-order valence-electron chi connectivity index (χ1n) is 9.56. The van der Waals surface area contributed by atoms with E-state index in [4.69, 9.17) is 0 Å². The van der Waals surface area contributed by atoms with Crippen molar-refractivity contribution in [3.8, 4) is 0 Å². The molecule has 1 aromatic heterocycles. The van der Waals surface area contributed by atoms with Crippen molar-refractivity contribution in [1.82, 2.24) is 9.55 Å². The topological polar surface area (TPSA) is 64.0 Å². The van der Waals surface area contributed by atoms with Crippen molar-refractivity contribution in [2.75, 3.05) is 5.32 Å². The number of rotatable bonds is 3. The second kappa shape index (κ2) is 7.54. The van der Waals surface area contributed by atoms with Gasteiger partial charge in [0.25, 0.3) is 5.56 Å². The van der Waals surface area contributed by atoms with E-state index >= 15 is 0 Å². The number of carbonyl (C=O) groups is 1. The Balaban J connectivity index is 1.45. The third kappa shape index (κ3) is 3.54. The average molecular weight is 379 g/mol. The third-order valence-corrected chi connectivity index (χ3v) is 5.53. The fourth-order valence-electron chi connectivity index (χ4n) is 3.92. The van der Waals surface area contributed by atoms with Crippen molar-refractivity contribution in [1.29, 1.82) is 0 Å². The van der Waals surface area contributed by atoms with Gasteiger partial charge in [0, 0.05) is 12.0 Å². The first-order valence-corrected chi connectivity index (χ1v) is 9.56. The van der Waals surface area contributed by atoms with Gasteiger partial charge in [0.15, 0.2) is 0 Å². The van der Waals surface area contributed by atoms with Crippen LogP contribution in [-0.4, -0.2) is 15.5 Å². The number of benzene rings is 2. The van der Waals surface area contributed by atoms with Crippen LogP contribution in [0.2, 0.25) is 0 Å². The van der Waals surface area contributed by atoms with Crippen LogP contribution in [0, 0.1) is 18.7 Å². The highest BCUT2D eigenvalue weighted by Gasteiger charge is 2.28. The van der Waals surface area contributed by atoms with Crippen molar-refractivity contribution in [3.63, 3.8) is 0 Å². The summed E-state index contributed by atoms with van der Waals surface area (Å²) in [5, 5.41) is 3.30. The van der Waals surface area contributed by atoms with Gasteiger partial charge >= 0.3 is 0 Å². The lowest BCUT2D eigenvalue weighted by molar-refractivity contribution is -0.121. The molecule has 2 aromatic carbocycles. The second-order valence-corrected chi connectivity index (χ2v) is 7.45. The molecular formula is C22H22FN3O2. The fraction of sp³-hybridized carbons (Fsp3) is 0.318. The van der Waals surface area contributed by atoms with Crippen molar-refractivity contribution in [2.24, 2.45) is 5.92 Å². The number of hydrogen-bond donors (Lipinski definition) is 1. The highest BCUT2D eigenvalue weighted by molar-refractivity contribution is 5.92. The van der Waals surface area contributed by atoms with E-state index in [1.54, 1.807) is 29.1 Å². The third-order valence-electron chi connectivity index (χ3n) is 5.53. The predicted molar refractivity (Wildman–Crippen MR) is 107 cm³/mol. The van der Waals surface area contributed by atoms with Crippen molar-refractivity contribution in [2.45, 2.75) is 38.6 Å². The maximum Gasteiger partial charge on any atom is 0.261 e. The smallest absolute Gasteiger partial charge is 0.261 e. The number of amides is 1. The van der Waals surface area contributed by atoms with Crippen LogP contribution in [-0.2, 0) is 4.79 Å². The van der Waals surface area contributed by atoms with Crippen LogP contribution >= 0.6 is 0 Å². The molecule has 4 rings (SSSR count). The molecule has 1 saturated carbocycles. The molecule has 0 atom stereocenters. The maximum atomic E-state index is 13.7. The number of para-hydroxylation sites is 1. The Hall–Kier alpha value is -3.02. The van der Waals surface area contributed by atoms with Crippen molar-refractivity contribution in [3.05, 3.63) is 70.5 Å². The van der Waals surface area contributed by atoms with Gasteiger partial charge in [-0.2, -0.15) is 0 Å². The summed E-state index contributed by atoms with van der Waals surface area (Å²) in [4.78, 5) is 29.8. The standard InChI is InChI=1S/C22H22FN3O2/c1-14-6-11-17-20(12-14)24-13-26(22(17)28)16-9-7-15(8-10-16)21(27)25-19-5-3-2-4-18(19)23/h2-6,11-13,15-16H,7-10H2,1H3,(H,25,27). The zero-order chi connectivity index (χ0) is 19.7. The maximum absolute atomic E-state index is 13.7. The lowest BCUT2D eigenvalue weighted by atomic mass is 9.85. The Labute approximate surface area is 162 Å². The molecule has 0 spiro atoms. The van der Waals surface area contributed by atoms with Gasteiger partial charge < -0.3 is 5.32 Å². The SMILES string of the molecule is Cc1ccc2c(=O)n(C3CCC(C(=O)Nc4ccccc4F)CC3)cnc2c1. The molecule has 1 heterocycles. The average Bonchev–Trinajstić information content (AvgIpc) is 2.70. The number of nitrogens with one attached hydrogen (secondary N) is 1. The molecule has 0 bridgehead atoms. The first kappa shape index (κ1) is 18.3. The van der Waals surface area contributed by atoms with E-state index in [0.717, 1.165) is 5.56 Å². The molecule has 1 amide bonds. The summed E-state index contributed by atoms with van der Waals surface area (Å²) in [6.07, 6.45) is 4.36. The van der Waals surface area contributed by atoms with Crippen LogP contribution in [0.3, 0.4) is 0 Å². The number of nitrogens with zero attached hydrogens (tertiary/aromatic N) is 2. The number of hydrogen-bond acceptors (Lipinski definition) is 3. The molecule has 5 nitrogen and oxygen atoms in total. The molecule has 1 N–H and O–H groups in total. The van der Waals surface area contributed by atoms with E-state index in [1.807, 2.05) is 25.1 Å². The van der Waals surface area contributed by atoms with Crippen molar-refractivity contribution >= 4 is 22.5 Å². The van der Waals surface area contributed by atoms with Crippen LogP contribution in [0.15, 0.2) is 53.6 Å². The van der Waals surface area contributed by atoms with E-state index in [-0.39, 0.29) is 29.1 Å². The summed E-state index contributed by atoms with van der Waals surface area (Å²) in [7, 11) is 0. The Bertz CT molecular complexity index is 1080. The highest BCUT2D eigenvalue weighted by atomic mass is 19.1. The van der Waals surface area contributed by atoms with Gasteiger partial charge in [-0.3, -0.25) is 14.2 Å². The summed E-state index contributed by atoms with van der Waals surface area (Å²) in [5.74, 6) is -0.779. The Morgan fingerprint density at radius 1 is 1.14 bits per heavy atom. The second-order valence-electron chi connectivity index (χ2n) is 7.45. The minimum atomic E-state index is -0.437. The van der Waals surface area contributed by atoms with Crippen molar-refractivity contribution < 1.29 is 9.18 Å². The van der Waals surface area contributed by atoms with Crippen LogP contribution in [0.4, 0.5) is 10.1 Å². The van der Waals surface area contributed by atoms with Gasteiger partial charge in [-0.25, -0.2) is 9.37 Å². The first-order chi connectivity index (χ1) is 13.5. The van der Waals surface area contributed by atoms with E-state index in [1.165, 1.54) is 6.07 Å². The molecular weight excluding hydrogens is 357 g/mol. The number of fused-ring (bicyclic) bond motifs is 1. The van der Waals surface area contributed by atoms with Gasteiger partial charge in [0.1, 0.15) is 5.82 Å². The zero-order valence-corrected chi connectivity index (χ0v) is 15.7. The minimum Gasteiger partial charge on any atom is -0.323 e. The quantitative estimate of drug-likeness (QED) is 0.741. The summed E-state index contributed by atoms with van der Waals surface area (Å²) in [5.41, 5.74) is 1.95. The van der Waals surface area contributed by atoms with Gasteiger partial charge in [0.2, 0.25) is 5.91 Å². The lowest BCUT2D eigenvalue weighted by Crippen LogP contribution is -2.32. The predicted octanol–water partition coefficient (Wildman–Crippen LogP) is 4.21. The van der Waals surface area contributed by atoms with E-state index in [9.17, 15) is 14.0 Å². The Kier molecular flexibility index (Phi) is 4.94. The summed E-state index contributed by atoms with van der Waals surface area (Å²) >= 11 is 0. The van der Waals surface area contributed by atoms with Gasteiger partial charge in [-0.05, 0) is 62.4 Å². The molecule has 144 valence electrons. The molecule has 1 aliphatic carbocycles. The van der Waals surface area contributed by atoms with E-state index in [0.29, 0.717) is 36.6 Å². The fourth-order valence-corrected chi connectivity index (χ4v) is 3.92. The molecule has 0 saturated heterocycles. The summed E-state index contributed by atoms with van der Waals surface area (Å²) < 4.78 is 15.4. The summed E-state index contributed by atoms with van der Waals surface area (Å²) in [6.45, 7) is 1.97.